The number of fused-ring (bicyclic) bond motifs is 1. The zero-order valence-electron chi connectivity index (χ0n) is 22.8. The van der Waals surface area contributed by atoms with Gasteiger partial charge in [0.1, 0.15) is 23.9 Å². The van der Waals surface area contributed by atoms with E-state index in [1.54, 1.807) is 12.1 Å². The number of nitrogens with one attached hydrogen (secondary N) is 2. The number of methoxy groups -OCH3 is 1. The zero-order valence-corrected chi connectivity index (χ0v) is 22.8. The largest absolute Gasteiger partial charge is 0.438 e. The number of halogens is 5. The predicted molar refractivity (Wildman–Crippen MR) is 137 cm³/mol. The third-order valence-corrected chi connectivity index (χ3v) is 7.79. The highest BCUT2D eigenvalue weighted by Crippen LogP contribution is 2.43. The van der Waals surface area contributed by atoms with Gasteiger partial charge in [0.05, 0.1) is 19.2 Å². The van der Waals surface area contributed by atoms with E-state index in [1.165, 1.54) is 19.4 Å². The summed E-state index contributed by atoms with van der Waals surface area (Å²) < 4.78 is 84.8. The fourth-order valence-corrected chi connectivity index (χ4v) is 5.62. The Labute approximate surface area is 236 Å². The molecule has 3 heterocycles. The molecule has 4 atom stereocenters. The second-order valence-electron chi connectivity index (χ2n) is 10.7. The predicted octanol–water partition coefficient (Wildman–Crippen LogP) is 5.32. The minimum absolute atomic E-state index is 0.000846. The molecule has 15 heteroatoms. The molecule has 2 fully saturated rings. The summed E-state index contributed by atoms with van der Waals surface area (Å²) in [6.07, 6.45) is -2.92. The number of hydrogen-bond donors (Lipinski definition) is 2. The third-order valence-electron chi connectivity index (χ3n) is 7.79. The Balaban J connectivity index is 1.47. The van der Waals surface area contributed by atoms with Gasteiger partial charge in [0.25, 0.3) is 5.91 Å². The molecule has 1 aliphatic carbocycles. The van der Waals surface area contributed by atoms with Crippen molar-refractivity contribution in [2.75, 3.05) is 20.3 Å². The van der Waals surface area contributed by atoms with Crippen LogP contribution in [0.3, 0.4) is 0 Å². The number of aryl methyl sites for hydroxylation is 1. The number of alkyl halides is 5. The Morgan fingerprint density at radius 1 is 1.33 bits per heavy atom. The van der Waals surface area contributed by atoms with E-state index in [2.05, 4.69) is 15.5 Å². The van der Waals surface area contributed by atoms with Crippen molar-refractivity contribution in [3.8, 4) is 0 Å². The molecular weight excluding hydrogens is 569 g/mol. The van der Waals surface area contributed by atoms with E-state index in [4.69, 9.17) is 13.7 Å². The van der Waals surface area contributed by atoms with E-state index < -0.39 is 61.0 Å². The van der Waals surface area contributed by atoms with Crippen molar-refractivity contribution >= 4 is 23.0 Å². The number of oxazole rings is 1. The van der Waals surface area contributed by atoms with Crippen molar-refractivity contribution in [1.29, 1.82) is 0 Å². The molecule has 1 aliphatic heterocycles. The number of ether oxygens (including phenoxy) is 1. The fraction of sp³-hybridized carbons (Fsp3) is 0.556. The van der Waals surface area contributed by atoms with Gasteiger partial charge in [-0.25, -0.2) is 18.6 Å². The summed E-state index contributed by atoms with van der Waals surface area (Å²) >= 11 is 0. The first kappa shape index (κ1) is 29.7. The molecule has 2 aromatic heterocycles. The Kier molecular flexibility index (Phi) is 8.14. The second kappa shape index (κ2) is 11.5. The van der Waals surface area contributed by atoms with Gasteiger partial charge in [0.15, 0.2) is 11.3 Å². The zero-order chi connectivity index (χ0) is 30.2. The molecule has 10 nitrogen and oxygen atoms in total. The van der Waals surface area contributed by atoms with Crippen molar-refractivity contribution in [2.45, 2.75) is 69.3 Å². The van der Waals surface area contributed by atoms with Gasteiger partial charge in [-0.3, -0.25) is 4.79 Å². The summed E-state index contributed by atoms with van der Waals surface area (Å²) in [6, 6.07) is -0.169. The van der Waals surface area contributed by atoms with Crippen molar-refractivity contribution in [3.05, 3.63) is 47.2 Å². The Morgan fingerprint density at radius 3 is 2.79 bits per heavy atom. The van der Waals surface area contributed by atoms with Crippen LogP contribution >= 0.6 is 0 Å². The van der Waals surface area contributed by atoms with E-state index in [0.29, 0.717) is 24.0 Å². The smallest absolute Gasteiger partial charge is 0.410 e. The van der Waals surface area contributed by atoms with Crippen molar-refractivity contribution in [3.63, 3.8) is 0 Å². The fourth-order valence-electron chi connectivity index (χ4n) is 5.62. The van der Waals surface area contributed by atoms with Crippen LogP contribution in [0.25, 0.3) is 11.1 Å². The lowest BCUT2D eigenvalue weighted by Gasteiger charge is -2.33. The number of benzene rings is 1. The summed E-state index contributed by atoms with van der Waals surface area (Å²) in [5.41, 5.74) is 1.55. The number of hydrogen-bond acceptors (Lipinski definition) is 7. The minimum atomic E-state index is -4.62. The highest BCUT2D eigenvalue weighted by Gasteiger charge is 2.48. The van der Waals surface area contributed by atoms with Crippen LogP contribution in [0.15, 0.2) is 33.4 Å². The lowest BCUT2D eigenvalue weighted by Crippen LogP contribution is -2.40. The molecule has 2 aliphatic rings. The first-order chi connectivity index (χ1) is 19.9. The quantitative estimate of drug-likeness (QED) is 0.319. The van der Waals surface area contributed by atoms with Gasteiger partial charge in [-0.1, -0.05) is 18.1 Å². The highest BCUT2D eigenvalue weighted by molar-refractivity contribution is 5.93. The Morgan fingerprint density at radius 2 is 2.12 bits per heavy atom. The van der Waals surface area contributed by atoms with E-state index in [-0.39, 0.29) is 42.1 Å². The van der Waals surface area contributed by atoms with Crippen LogP contribution in [0.1, 0.15) is 72.2 Å². The van der Waals surface area contributed by atoms with Gasteiger partial charge < -0.3 is 29.2 Å². The topological polar surface area (TPSA) is 123 Å². The van der Waals surface area contributed by atoms with E-state index >= 15 is 0 Å². The molecule has 3 amide bonds. The molecule has 228 valence electrons. The SMILES string of the molecule is CCc1conc1C(=O)N[C@H](c1nc2cc([C@@H](COC)N3C[C@@H](C(F)(F)F)NC3=O)ccc2o1)[C@H]1CCCC(F)(F)C1. The summed E-state index contributed by atoms with van der Waals surface area (Å²) in [7, 11) is 1.36. The van der Waals surface area contributed by atoms with Crippen molar-refractivity contribution < 1.29 is 45.2 Å². The van der Waals surface area contributed by atoms with Gasteiger partial charge in [0, 0.05) is 25.5 Å². The maximum atomic E-state index is 14.4. The van der Waals surface area contributed by atoms with Crippen LogP contribution in [0.5, 0.6) is 0 Å². The standard InChI is InChI=1S/C27H30F5N5O5/c1-3-14-12-41-36-21(14)23(38)35-22(16-5-4-8-26(28,29)10-16)24-33-17-9-15(6-7-19(17)42-24)18(13-40-2)37-11-20(27(30,31)32)34-25(37)39/h6-7,9,12,16,18,20,22H,3-5,8,10-11,13H2,1-2H3,(H,34,39)(H,35,38)/t16-,18+,20-,22-/m0/s1. The van der Waals surface area contributed by atoms with Gasteiger partial charge in [-0.05, 0) is 42.9 Å². The summed E-state index contributed by atoms with van der Waals surface area (Å²) in [4.78, 5) is 31.2. The van der Waals surface area contributed by atoms with E-state index in [1.807, 2.05) is 12.2 Å². The average Bonchev–Trinajstić information content (AvgIpc) is 3.67. The van der Waals surface area contributed by atoms with Crippen LogP contribution in [-0.4, -0.2) is 65.4 Å². The Bertz CT molecular complexity index is 1440. The molecule has 0 radical (unpaired) electrons. The van der Waals surface area contributed by atoms with Crippen LogP contribution in [0.4, 0.5) is 26.7 Å². The van der Waals surface area contributed by atoms with E-state index in [0.717, 1.165) is 4.90 Å². The molecule has 0 bridgehead atoms. The number of rotatable bonds is 9. The highest BCUT2D eigenvalue weighted by atomic mass is 19.4. The maximum absolute atomic E-state index is 14.4. The molecule has 0 unspecified atom stereocenters. The minimum Gasteiger partial charge on any atom is -0.438 e. The van der Waals surface area contributed by atoms with Crippen molar-refractivity contribution in [2.24, 2.45) is 5.92 Å². The van der Waals surface area contributed by atoms with Gasteiger partial charge in [-0.15, -0.1) is 0 Å². The number of urea groups is 1. The lowest BCUT2D eigenvalue weighted by molar-refractivity contribution is -0.150. The second-order valence-corrected chi connectivity index (χ2v) is 10.7. The molecule has 2 N–H and O–H groups in total. The molecule has 1 saturated heterocycles. The molecule has 5 rings (SSSR count). The van der Waals surface area contributed by atoms with Crippen LogP contribution in [0, 0.1) is 5.92 Å². The van der Waals surface area contributed by atoms with E-state index in [9.17, 15) is 31.5 Å². The van der Waals surface area contributed by atoms with Crippen LogP contribution in [-0.2, 0) is 11.2 Å². The Hall–Kier alpha value is -3.75. The molecule has 1 saturated carbocycles. The summed E-state index contributed by atoms with van der Waals surface area (Å²) in [5.74, 6) is -4.25. The van der Waals surface area contributed by atoms with Gasteiger partial charge in [-0.2, -0.15) is 13.2 Å². The number of nitrogens with zero attached hydrogens (tertiary/aromatic N) is 3. The van der Waals surface area contributed by atoms with Crippen LogP contribution in [0.2, 0.25) is 0 Å². The molecule has 1 aromatic carbocycles. The number of carbonyl (C=O) groups excluding carboxylic acids is 2. The molecular formula is C27H30F5N5O5. The molecule has 0 spiro atoms. The number of aromatic nitrogens is 2. The first-order valence-electron chi connectivity index (χ1n) is 13.5. The lowest BCUT2D eigenvalue weighted by atomic mass is 9.81. The summed E-state index contributed by atoms with van der Waals surface area (Å²) in [5, 5.41) is 8.47. The van der Waals surface area contributed by atoms with Crippen LogP contribution < -0.4 is 10.6 Å². The molecule has 3 aromatic rings. The normalized spacial score (nSPS) is 22.3. The number of carbonyl (C=O) groups is 2. The van der Waals surface area contributed by atoms with Crippen molar-refractivity contribution in [1.82, 2.24) is 25.7 Å². The van der Waals surface area contributed by atoms with Gasteiger partial charge >= 0.3 is 12.2 Å². The monoisotopic (exact) mass is 599 g/mol. The molecule has 42 heavy (non-hydrogen) atoms. The number of amides is 3. The third kappa shape index (κ3) is 6.05. The summed E-state index contributed by atoms with van der Waals surface area (Å²) in [6.45, 7) is 1.11. The average molecular weight is 600 g/mol. The van der Waals surface area contributed by atoms with Gasteiger partial charge in [0.2, 0.25) is 11.8 Å². The maximum Gasteiger partial charge on any atom is 0.410 e. The first-order valence-corrected chi connectivity index (χ1v) is 13.5.